The predicted octanol–water partition coefficient (Wildman–Crippen LogP) is 3.64. The van der Waals surface area contributed by atoms with Crippen molar-refractivity contribution in [2.45, 2.75) is 37.0 Å². The van der Waals surface area contributed by atoms with Crippen LogP contribution in [0.2, 0.25) is 0 Å². The number of nitrogens with one attached hydrogen (secondary N) is 1. The molecule has 0 aromatic heterocycles. The van der Waals surface area contributed by atoms with Gasteiger partial charge >= 0.3 is 0 Å². The molecule has 0 aromatic carbocycles. The van der Waals surface area contributed by atoms with Gasteiger partial charge in [0.05, 0.1) is 0 Å². The minimum Gasteiger partial charge on any atom is -0.317 e. The summed E-state index contributed by atoms with van der Waals surface area (Å²) >= 11 is 5.06. The molecule has 0 fully saturated rings. The Morgan fingerprint density at radius 3 is 2.62 bits per heavy atom. The summed E-state index contributed by atoms with van der Waals surface area (Å²) in [7, 11) is 0. The van der Waals surface area contributed by atoms with Crippen LogP contribution in [0.15, 0.2) is 0 Å². The van der Waals surface area contributed by atoms with Crippen LogP contribution in [0.25, 0.3) is 0 Å². The lowest BCUT2D eigenvalue weighted by Gasteiger charge is -2.15. The molecule has 2 atom stereocenters. The van der Waals surface area contributed by atoms with Gasteiger partial charge in [-0.1, -0.05) is 59.0 Å². The maximum atomic E-state index is 3.40. The van der Waals surface area contributed by atoms with E-state index in [0.717, 1.165) is 16.4 Å². The highest BCUT2D eigenvalue weighted by Gasteiger charge is 2.08. The summed E-state index contributed by atoms with van der Waals surface area (Å²) in [6, 6.07) is 0. The van der Waals surface area contributed by atoms with Crippen molar-refractivity contribution in [3.05, 3.63) is 0 Å². The number of rotatable bonds is 8. The average Bonchev–Trinajstić information content (AvgIpc) is 2.11. The van der Waals surface area contributed by atoms with E-state index in [1.54, 1.807) is 0 Å². The molecule has 0 amide bonds. The normalized spacial score (nSPS) is 15.7. The third kappa shape index (κ3) is 9.72. The van der Waals surface area contributed by atoms with Crippen molar-refractivity contribution >= 4 is 45.2 Å². The van der Waals surface area contributed by atoms with E-state index in [0.29, 0.717) is 0 Å². The molecule has 13 heavy (non-hydrogen) atoms. The maximum absolute atomic E-state index is 3.40. The van der Waals surface area contributed by atoms with Crippen molar-refractivity contribution in [1.29, 1.82) is 0 Å². The SMILES string of the molecule is CCNCC(C)CC(I)CCCI. The van der Waals surface area contributed by atoms with Crippen molar-refractivity contribution < 1.29 is 0 Å². The number of hydrogen-bond donors (Lipinski definition) is 1. The highest BCUT2D eigenvalue weighted by molar-refractivity contribution is 14.1. The van der Waals surface area contributed by atoms with Crippen LogP contribution in [-0.2, 0) is 0 Å². The van der Waals surface area contributed by atoms with E-state index in [9.17, 15) is 0 Å². The standard InChI is InChI=1S/C10H21I2N/c1-3-13-8-9(2)7-10(12)5-4-6-11/h9-10,13H,3-8H2,1-2H3. The Balaban J connectivity index is 3.35. The molecule has 0 bridgehead atoms. The molecule has 1 N–H and O–H groups in total. The second-order valence-corrected chi connectivity index (χ2v) is 6.42. The van der Waals surface area contributed by atoms with E-state index >= 15 is 0 Å². The first-order chi connectivity index (χ1) is 6.20. The van der Waals surface area contributed by atoms with Crippen LogP contribution in [-0.4, -0.2) is 21.4 Å². The van der Waals surface area contributed by atoms with Crippen LogP contribution in [0, 0.1) is 5.92 Å². The summed E-state index contributed by atoms with van der Waals surface area (Å²) in [6.45, 7) is 6.80. The number of halogens is 2. The van der Waals surface area contributed by atoms with E-state index < -0.39 is 0 Å². The van der Waals surface area contributed by atoms with Gasteiger partial charge in [0.25, 0.3) is 0 Å². The summed E-state index contributed by atoms with van der Waals surface area (Å²) < 4.78 is 2.18. The molecule has 0 spiro atoms. The Bertz CT molecular complexity index is 97.1. The van der Waals surface area contributed by atoms with Crippen LogP contribution in [0.4, 0.5) is 0 Å². The fraction of sp³-hybridized carbons (Fsp3) is 1.00. The first-order valence-corrected chi connectivity index (χ1v) is 7.88. The van der Waals surface area contributed by atoms with Gasteiger partial charge in [0, 0.05) is 3.92 Å². The average molecular weight is 409 g/mol. The molecule has 0 rings (SSSR count). The van der Waals surface area contributed by atoms with Crippen LogP contribution in [0.1, 0.15) is 33.1 Å². The largest absolute Gasteiger partial charge is 0.317 e. The molecular formula is C10H21I2N. The minimum atomic E-state index is 0.830. The second kappa shape index (κ2) is 9.96. The Kier molecular flexibility index (Phi) is 11.0. The van der Waals surface area contributed by atoms with Crippen LogP contribution >= 0.6 is 45.2 Å². The van der Waals surface area contributed by atoms with Gasteiger partial charge in [-0.15, -0.1) is 0 Å². The zero-order chi connectivity index (χ0) is 10.1. The molecular weight excluding hydrogens is 388 g/mol. The van der Waals surface area contributed by atoms with Gasteiger partial charge in [0.1, 0.15) is 0 Å². The van der Waals surface area contributed by atoms with Crippen molar-refractivity contribution in [2.75, 3.05) is 17.5 Å². The van der Waals surface area contributed by atoms with E-state index in [1.807, 2.05) is 0 Å². The zero-order valence-electron chi connectivity index (χ0n) is 8.65. The van der Waals surface area contributed by atoms with Crippen LogP contribution < -0.4 is 5.32 Å². The first kappa shape index (κ1) is 14.4. The molecule has 0 aliphatic rings. The quantitative estimate of drug-likeness (QED) is 0.477. The lowest BCUT2D eigenvalue weighted by atomic mass is 10.0. The fourth-order valence-electron chi connectivity index (χ4n) is 1.33. The van der Waals surface area contributed by atoms with Gasteiger partial charge in [0.2, 0.25) is 0 Å². The summed E-state index contributed by atoms with van der Waals surface area (Å²) in [4.78, 5) is 0. The van der Waals surface area contributed by atoms with E-state index in [2.05, 4.69) is 64.3 Å². The molecule has 0 aliphatic heterocycles. The minimum absolute atomic E-state index is 0.830. The Labute approximate surface area is 110 Å². The second-order valence-electron chi connectivity index (χ2n) is 3.58. The fourth-order valence-corrected chi connectivity index (χ4v) is 3.08. The Hall–Kier alpha value is 1.42. The molecule has 0 radical (unpaired) electrons. The highest BCUT2D eigenvalue weighted by atomic mass is 127. The molecule has 0 saturated carbocycles. The number of alkyl halides is 2. The van der Waals surface area contributed by atoms with Crippen molar-refractivity contribution in [1.82, 2.24) is 5.32 Å². The van der Waals surface area contributed by atoms with E-state index in [-0.39, 0.29) is 0 Å². The van der Waals surface area contributed by atoms with Gasteiger partial charge in [-0.3, -0.25) is 0 Å². The zero-order valence-corrected chi connectivity index (χ0v) is 13.0. The summed E-state index contributed by atoms with van der Waals surface area (Å²) in [5.74, 6) is 0.830. The predicted molar refractivity (Wildman–Crippen MR) is 78.3 cm³/mol. The third-order valence-electron chi connectivity index (χ3n) is 2.05. The molecule has 0 aliphatic carbocycles. The summed E-state index contributed by atoms with van der Waals surface area (Å²) in [5, 5.41) is 3.40. The smallest absolute Gasteiger partial charge is 0.0113 e. The molecule has 80 valence electrons. The van der Waals surface area contributed by atoms with Crippen molar-refractivity contribution in [3.63, 3.8) is 0 Å². The van der Waals surface area contributed by atoms with E-state index in [4.69, 9.17) is 0 Å². The Morgan fingerprint density at radius 1 is 1.38 bits per heavy atom. The molecule has 2 unspecified atom stereocenters. The maximum Gasteiger partial charge on any atom is 0.0113 e. The lowest BCUT2D eigenvalue weighted by Crippen LogP contribution is -2.22. The monoisotopic (exact) mass is 409 g/mol. The van der Waals surface area contributed by atoms with Crippen LogP contribution in [0.5, 0.6) is 0 Å². The summed E-state index contributed by atoms with van der Waals surface area (Å²) in [5.41, 5.74) is 0. The van der Waals surface area contributed by atoms with Gasteiger partial charge < -0.3 is 5.32 Å². The number of hydrogen-bond acceptors (Lipinski definition) is 1. The van der Waals surface area contributed by atoms with Crippen molar-refractivity contribution in [3.8, 4) is 0 Å². The first-order valence-electron chi connectivity index (χ1n) is 5.11. The topological polar surface area (TPSA) is 12.0 Å². The van der Waals surface area contributed by atoms with Gasteiger partial charge in [0.15, 0.2) is 0 Å². The molecule has 1 nitrogen and oxygen atoms in total. The third-order valence-corrected chi connectivity index (χ3v) is 3.95. The summed E-state index contributed by atoms with van der Waals surface area (Å²) in [6.07, 6.45) is 4.13. The lowest BCUT2D eigenvalue weighted by molar-refractivity contribution is 0.478. The highest BCUT2D eigenvalue weighted by Crippen LogP contribution is 2.18. The molecule has 0 saturated heterocycles. The van der Waals surface area contributed by atoms with Gasteiger partial charge in [-0.05, 0) is 42.7 Å². The Morgan fingerprint density at radius 2 is 2.08 bits per heavy atom. The van der Waals surface area contributed by atoms with Gasteiger partial charge in [-0.25, -0.2) is 0 Å². The molecule has 0 aromatic rings. The van der Waals surface area contributed by atoms with Crippen molar-refractivity contribution in [2.24, 2.45) is 5.92 Å². The van der Waals surface area contributed by atoms with E-state index in [1.165, 1.54) is 30.2 Å². The molecule has 0 heterocycles. The van der Waals surface area contributed by atoms with Crippen LogP contribution in [0.3, 0.4) is 0 Å². The molecule has 3 heteroatoms. The van der Waals surface area contributed by atoms with Gasteiger partial charge in [-0.2, -0.15) is 0 Å².